The number of hydrogen-bond donors (Lipinski definition) is 1. The molecule has 1 aliphatic rings. The summed E-state index contributed by atoms with van der Waals surface area (Å²) in [5, 5.41) is 9.23. The first-order valence-electron chi connectivity index (χ1n) is 6.84. The number of ether oxygens (including phenoxy) is 1. The first-order valence-corrected chi connectivity index (χ1v) is 6.84. The molecule has 1 heterocycles. The van der Waals surface area contributed by atoms with Crippen LogP contribution in [0.25, 0.3) is 0 Å². The number of hydrogen-bond acceptors (Lipinski definition) is 3. The van der Waals surface area contributed by atoms with Gasteiger partial charge in [-0.25, -0.2) is 0 Å². The molecule has 2 atom stereocenters. The van der Waals surface area contributed by atoms with Crippen molar-refractivity contribution < 1.29 is 14.6 Å². The Morgan fingerprint density at radius 2 is 2.16 bits per heavy atom. The predicted molar refractivity (Wildman–Crippen MR) is 73.4 cm³/mol. The number of aliphatic carboxylic acids is 1. The molecule has 19 heavy (non-hydrogen) atoms. The van der Waals surface area contributed by atoms with Crippen LogP contribution in [-0.4, -0.2) is 35.2 Å². The summed E-state index contributed by atoms with van der Waals surface area (Å²) in [5.41, 5.74) is 1.14. The van der Waals surface area contributed by atoms with Crippen LogP contribution in [0.1, 0.15) is 38.3 Å². The molecule has 0 radical (unpaired) electrons. The normalized spacial score (nSPS) is 21.3. The zero-order valence-corrected chi connectivity index (χ0v) is 11.5. The minimum Gasteiger partial charge on any atom is -0.494 e. The first-order chi connectivity index (χ1) is 9.13. The van der Waals surface area contributed by atoms with Crippen LogP contribution in [0, 0.1) is 0 Å². The molecule has 104 valence electrons. The van der Waals surface area contributed by atoms with Gasteiger partial charge in [-0.15, -0.1) is 0 Å². The number of nitrogens with zero attached hydrogens (tertiary/aromatic N) is 1. The lowest BCUT2D eigenvalue weighted by atomic mass is 10.1. The zero-order chi connectivity index (χ0) is 13.8. The maximum Gasteiger partial charge on any atom is 0.320 e. The van der Waals surface area contributed by atoms with Crippen molar-refractivity contribution in [3.8, 4) is 5.75 Å². The van der Waals surface area contributed by atoms with E-state index in [9.17, 15) is 9.90 Å². The molecule has 0 aliphatic carbocycles. The van der Waals surface area contributed by atoms with Crippen LogP contribution < -0.4 is 4.74 Å². The lowest BCUT2D eigenvalue weighted by Crippen LogP contribution is -2.37. The second kappa shape index (κ2) is 6.06. The Morgan fingerprint density at radius 1 is 1.47 bits per heavy atom. The second-order valence-electron chi connectivity index (χ2n) is 4.91. The number of rotatable bonds is 5. The van der Waals surface area contributed by atoms with E-state index in [1.54, 1.807) is 0 Å². The van der Waals surface area contributed by atoms with E-state index in [0.717, 1.165) is 30.7 Å². The number of carboxylic acid groups (broad SMARTS) is 1. The van der Waals surface area contributed by atoms with E-state index in [2.05, 4.69) is 11.8 Å². The number of likely N-dealkylation sites (tertiary alicyclic amines) is 1. The Hall–Kier alpha value is -1.55. The molecule has 2 unspecified atom stereocenters. The van der Waals surface area contributed by atoms with E-state index >= 15 is 0 Å². The van der Waals surface area contributed by atoms with E-state index in [0.29, 0.717) is 6.61 Å². The summed E-state index contributed by atoms with van der Waals surface area (Å²) in [6, 6.07) is 7.71. The molecular formula is C15H21NO3. The SMILES string of the molecule is CCOc1ccc(C(C)N2CCCC2C(=O)O)cc1. The summed E-state index contributed by atoms with van der Waals surface area (Å²) in [6.07, 6.45) is 1.70. The van der Waals surface area contributed by atoms with Gasteiger partial charge >= 0.3 is 5.97 Å². The second-order valence-corrected chi connectivity index (χ2v) is 4.91. The fraction of sp³-hybridized carbons (Fsp3) is 0.533. The van der Waals surface area contributed by atoms with Crippen LogP contribution in [0.4, 0.5) is 0 Å². The molecule has 0 amide bonds. The third-order valence-electron chi connectivity index (χ3n) is 3.75. The van der Waals surface area contributed by atoms with Crippen molar-refractivity contribution in [2.45, 2.75) is 38.8 Å². The lowest BCUT2D eigenvalue weighted by molar-refractivity contribution is -0.142. The molecule has 1 saturated heterocycles. The molecule has 4 nitrogen and oxygen atoms in total. The van der Waals surface area contributed by atoms with E-state index in [1.165, 1.54) is 0 Å². The van der Waals surface area contributed by atoms with Crippen LogP contribution in [0.3, 0.4) is 0 Å². The summed E-state index contributed by atoms with van der Waals surface area (Å²) in [4.78, 5) is 13.3. The topological polar surface area (TPSA) is 49.8 Å². The molecule has 0 bridgehead atoms. The van der Waals surface area contributed by atoms with Gasteiger partial charge < -0.3 is 9.84 Å². The third kappa shape index (κ3) is 3.07. The maximum atomic E-state index is 11.2. The molecule has 0 saturated carbocycles. The molecule has 1 fully saturated rings. The van der Waals surface area contributed by atoms with Crippen molar-refractivity contribution in [2.75, 3.05) is 13.2 Å². The van der Waals surface area contributed by atoms with Gasteiger partial charge in [0.05, 0.1) is 6.61 Å². The van der Waals surface area contributed by atoms with Crippen molar-refractivity contribution in [3.05, 3.63) is 29.8 Å². The minimum atomic E-state index is -0.713. The molecule has 2 rings (SSSR count). The maximum absolute atomic E-state index is 11.2. The molecule has 0 aromatic heterocycles. The van der Waals surface area contributed by atoms with Crippen LogP contribution in [0.2, 0.25) is 0 Å². The lowest BCUT2D eigenvalue weighted by Gasteiger charge is -2.28. The number of carbonyl (C=O) groups is 1. The van der Waals surface area contributed by atoms with Crippen molar-refractivity contribution >= 4 is 5.97 Å². The quantitative estimate of drug-likeness (QED) is 0.887. The van der Waals surface area contributed by atoms with Crippen molar-refractivity contribution in [1.29, 1.82) is 0 Å². The summed E-state index contributed by atoms with van der Waals surface area (Å²) in [5.74, 6) is 0.143. The highest BCUT2D eigenvalue weighted by Gasteiger charge is 2.33. The van der Waals surface area contributed by atoms with Gasteiger partial charge in [-0.3, -0.25) is 9.69 Å². The van der Waals surface area contributed by atoms with Gasteiger partial charge in [0.2, 0.25) is 0 Å². The van der Waals surface area contributed by atoms with Gasteiger partial charge in [-0.05, 0) is 50.9 Å². The van der Waals surface area contributed by atoms with Crippen molar-refractivity contribution in [2.24, 2.45) is 0 Å². The van der Waals surface area contributed by atoms with E-state index in [4.69, 9.17) is 4.74 Å². The average molecular weight is 263 g/mol. The molecule has 0 spiro atoms. The molecular weight excluding hydrogens is 242 g/mol. The highest BCUT2D eigenvalue weighted by atomic mass is 16.5. The monoisotopic (exact) mass is 263 g/mol. The van der Waals surface area contributed by atoms with Gasteiger partial charge in [-0.1, -0.05) is 12.1 Å². The van der Waals surface area contributed by atoms with E-state index < -0.39 is 5.97 Å². The summed E-state index contributed by atoms with van der Waals surface area (Å²) in [6.45, 7) is 5.53. The summed E-state index contributed by atoms with van der Waals surface area (Å²) in [7, 11) is 0. The number of carboxylic acids is 1. The van der Waals surface area contributed by atoms with Crippen molar-refractivity contribution in [1.82, 2.24) is 4.90 Å². The van der Waals surface area contributed by atoms with Crippen LogP contribution in [0.5, 0.6) is 5.75 Å². The predicted octanol–water partition coefficient (Wildman–Crippen LogP) is 2.70. The van der Waals surface area contributed by atoms with Crippen molar-refractivity contribution in [3.63, 3.8) is 0 Å². The largest absolute Gasteiger partial charge is 0.494 e. The third-order valence-corrected chi connectivity index (χ3v) is 3.75. The van der Waals surface area contributed by atoms with Gasteiger partial charge in [-0.2, -0.15) is 0 Å². The first kappa shape index (κ1) is 13.9. The van der Waals surface area contributed by atoms with Crippen LogP contribution >= 0.6 is 0 Å². The fourth-order valence-electron chi connectivity index (χ4n) is 2.72. The Balaban J connectivity index is 2.10. The number of benzene rings is 1. The summed E-state index contributed by atoms with van der Waals surface area (Å²) >= 11 is 0. The molecule has 4 heteroatoms. The summed E-state index contributed by atoms with van der Waals surface area (Å²) < 4.78 is 5.42. The van der Waals surface area contributed by atoms with Gasteiger partial charge in [0.1, 0.15) is 11.8 Å². The Kier molecular flexibility index (Phi) is 4.43. The highest BCUT2D eigenvalue weighted by molar-refractivity contribution is 5.73. The highest BCUT2D eigenvalue weighted by Crippen LogP contribution is 2.30. The molecule has 1 aliphatic heterocycles. The van der Waals surface area contributed by atoms with Gasteiger partial charge in [0, 0.05) is 6.04 Å². The fourth-order valence-corrected chi connectivity index (χ4v) is 2.72. The van der Waals surface area contributed by atoms with Gasteiger partial charge in [0.15, 0.2) is 0 Å². The Bertz CT molecular complexity index is 430. The smallest absolute Gasteiger partial charge is 0.320 e. The zero-order valence-electron chi connectivity index (χ0n) is 11.5. The Morgan fingerprint density at radius 3 is 2.74 bits per heavy atom. The molecule has 1 aromatic carbocycles. The Labute approximate surface area is 114 Å². The van der Waals surface area contributed by atoms with Crippen LogP contribution in [-0.2, 0) is 4.79 Å². The van der Waals surface area contributed by atoms with Crippen LogP contribution in [0.15, 0.2) is 24.3 Å². The van der Waals surface area contributed by atoms with E-state index in [-0.39, 0.29) is 12.1 Å². The minimum absolute atomic E-state index is 0.124. The standard InChI is InChI=1S/C15H21NO3/c1-3-19-13-8-6-12(7-9-13)11(2)16-10-4-5-14(16)15(17)18/h6-9,11,14H,3-5,10H2,1-2H3,(H,17,18). The van der Waals surface area contributed by atoms with Gasteiger partial charge in [0.25, 0.3) is 0 Å². The molecule has 1 aromatic rings. The molecule has 1 N–H and O–H groups in total. The van der Waals surface area contributed by atoms with E-state index in [1.807, 2.05) is 31.2 Å². The average Bonchev–Trinajstić information content (AvgIpc) is 2.88.